The largest absolute Gasteiger partial charge is 0.493 e. The first kappa shape index (κ1) is 14.8. The maximum Gasteiger partial charge on any atom is 0.200 e. The van der Waals surface area contributed by atoms with Gasteiger partial charge < -0.3 is 9.47 Å². The van der Waals surface area contributed by atoms with Gasteiger partial charge in [0.15, 0.2) is 11.6 Å². The second-order valence-corrected chi connectivity index (χ2v) is 4.98. The molecule has 0 radical (unpaired) electrons. The van der Waals surface area contributed by atoms with Crippen molar-refractivity contribution in [3.63, 3.8) is 0 Å². The average Bonchev–Trinajstić information content (AvgIpc) is 2.44. The maximum atomic E-state index is 13.4. The van der Waals surface area contributed by atoms with Crippen molar-refractivity contribution >= 4 is 15.9 Å². The van der Waals surface area contributed by atoms with Crippen molar-refractivity contribution in [3.05, 3.63) is 58.6 Å². The van der Waals surface area contributed by atoms with Crippen molar-refractivity contribution in [3.8, 4) is 11.5 Å². The lowest BCUT2D eigenvalue weighted by Gasteiger charge is -2.09. The van der Waals surface area contributed by atoms with E-state index < -0.39 is 11.6 Å². The fraction of sp³-hybridized carbons (Fsp3) is 0.200. The summed E-state index contributed by atoms with van der Waals surface area (Å²) < 4.78 is 37.6. The van der Waals surface area contributed by atoms with Crippen molar-refractivity contribution in [1.82, 2.24) is 0 Å². The summed E-state index contributed by atoms with van der Waals surface area (Å²) in [6.45, 7) is 0.696. The summed E-state index contributed by atoms with van der Waals surface area (Å²) in [5, 5.41) is 0. The molecule has 0 N–H and O–H groups in total. The summed E-state index contributed by atoms with van der Waals surface area (Å²) >= 11 is 3.09. The van der Waals surface area contributed by atoms with Crippen LogP contribution < -0.4 is 9.47 Å². The Morgan fingerprint density at radius 2 is 1.65 bits per heavy atom. The van der Waals surface area contributed by atoms with Crippen molar-refractivity contribution in [2.45, 2.75) is 6.42 Å². The fourth-order valence-corrected chi connectivity index (χ4v) is 1.99. The molecule has 0 aliphatic rings. The monoisotopic (exact) mass is 342 g/mol. The average molecular weight is 343 g/mol. The molecule has 5 heteroatoms. The first-order valence-corrected chi connectivity index (χ1v) is 6.91. The van der Waals surface area contributed by atoms with Crippen LogP contribution in [0, 0.1) is 11.6 Å². The summed E-state index contributed by atoms with van der Waals surface area (Å²) in [6, 6.07) is 11.8. The highest BCUT2D eigenvalue weighted by Crippen LogP contribution is 2.25. The molecular formula is C15H13BrF2O2. The molecule has 2 nitrogen and oxygen atoms in total. The van der Waals surface area contributed by atoms with Crippen LogP contribution in [0.25, 0.3) is 0 Å². The molecule has 0 saturated heterocycles. The molecule has 0 unspecified atom stereocenters. The van der Waals surface area contributed by atoms with E-state index >= 15 is 0 Å². The van der Waals surface area contributed by atoms with E-state index in [1.807, 2.05) is 30.3 Å². The Morgan fingerprint density at radius 1 is 0.950 bits per heavy atom. The van der Waals surface area contributed by atoms with Crippen LogP contribution in [0.15, 0.2) is 46.9 Å². The Labute approximate surface area is 124 Å². The zero-order chi connectivity index (χ0) is 14.4. The highest BCUT2D eigenvalue weighted by molar-refractivity contribution is 9.10. The van der Waals surface area contributed by atoms with Gasteiger partial charge in [0.25, 0.3) is 0 Å². The number of halogens is 3. The molecular weight excluding hydrogens is 330 g/mol. The number of hydrogen-bond acceptors (Lipinski definition) is 2. The molecule has 0 saturated carbocycles. The van der Waals surface area contributed by atoms with Crippen molar-refractivity contribution in [2.24, 2.45) is 0 Å². The van der Waals surface area contributed by atoms with Gasteiger partial charge in [0.1, 0.15) is 5.75 Å². The van der Waals surface area contributed by atoms with Crippen LogP contribution in [0.4, 0.5) is 8.78 Å². The molecule has 2 aromatic carbocycles. The van der Waals surface area contributed by atoms with E-state index in [9.17, 15) is 8.78 Å². The van der Waals surface area contributed by atoms with Crippen LogP contribution in [-0.2, 0) is 0 Å². The zero-order valence-electron chi connectivity index (χ0n) is 10.6. The number of rotatable bonds is 6. The van der Waals surface area contributed by atoms with Gasteiger partial charge in [-0.15, -0.1) is 0 Å². The van der Waals surface area contributed by atoms with Crippen molar-refractivity contribution < 1.29 is 18.3 Å². The minimum Gasteiger partial charge on any atom is -0.493 e. The van der Waals surface area contributed by atoms with Crippen LogP contribution in [0.3, 0.4) is 0 Å². The predicted octanol–water partition coefficient (Wildman–Crippen LogP) is 4.58. The fourth-order valence-electron chi connectivity index (χ4n) is 1.59. The summed E-state index contributed by atoms with van der Waals surface area (Å²) in [7, 11) is 0. The number of benzene rings is 2. The lowest BCUT2D eigenvalue weighted by Crippen LogP contribution is -2.06. The SMILES string of the molecule is Fc1cc(Br)cc(OCCCOc2ccccc2)c1F. The summed E-state index contributed by atoms with van der Waals surface area (Å²) in [5.41, 5.74) is 0. The second kappa shape index (κ2) is 7.24. The quantitative estimate of drug-likeness (QED) is 0.565. The lowest BCUT2D eigenvalue weighted by molar-refractivity contribution is 0.239. The van der Waals surface area contributed by atoms with E-state index in [0.717, 1.165) is 11.8 Å². The van der Waals surface area contributed by atoms with Gasteiger partial charge >= 0.3 is 0 Å². The van der Waals surface area contributed by atoms with Crippen molar-refractivity contribution in [2.75, 3.05) is 13.2 Å². The number of para-hydroxylation sites is 1. The van der Waals surface area contributed by atoms with Gasteiger partial charge in [0.2, 0.25) is 5.82 Å². The molecule has 0 heterocycles. The Bertz CT molecular complexity index is 561. The number of hydrogen-bond donors (Lipinski definition) is 0. The molecule has 0 aliphatic carbocycles. The molecule has 0 atom stereocenters. The van der Waals surface area contributed by atoms with E-state index in [-0.39, 0.29) is 12.4 Å². The van der Waals surface area contributed by atoms with E-state index in [1.54, 1.807) is 0 Å². The van der Waals surface area contributed by atoms with Gasteiger partial charge in [-0.1, -0.05) is 34.1 Å². The minimum atomic E-state index is -0.975. The normalized spacial score (nSPS) is 10.3. The second-order valence-electron chi connectivity index (χ2n) is 4.06. The molecule has 106 valence electrons. The van der Waals surface area contributed by atoms with Gasteiger partial charge in [-0.05, 0) is 24.3 Å². The summed E-state index contributed by atoms with van der Waals surface area (Å²) in [4.78, 5) is 0. The molecule has 0 spiro atoms. The third-order valence-corrected chi connectivity index (χ3v) is 2.98. The molecule has 0 aromatic heterocycles. The Kier molecular flexibility index (Phi) is 5.35. The maximum absolute atomic E-state index is 13.4. The molecule has 2 rings (SSSR count). The standard InChI is InChI=1S/C15H13BrF2O2/c16-11-9-13(17)15(18)14(10-11)20-8-4-7-19-12-5-2-1-3-6-12/h1-3,5-6,9-10H,4,7-8H2. The highest BCUT2D eigenvalue weighted by Gasteiger charge is 2.10. The molecule has 0 amide bonds. The smallest absolute Gasteiger partial charge is 0.200 e. The topological polar surface area (TPSA) is 18.5 Å². The van der Waals surface area contributed by atoms with E-state index in [0.29, 0.717) is 17.5 Å². The molecule has 0 bridgehead atoms. The highest BCUT2D eigenvalue weighted by atomic mass is 79.9. The van der Waals surface area contributed by atoms with Gasteiger partial charge in [-0.3, -0.25) is 0 Å². The first-order chi connectivity index (χ1) is 9.66. The Balaban J connectivity index is 1.76. The van der Waals surface area contributed by atoms with E-state index in [2.05, 4.69) is 15.9 Å². The van der Waals surface area contributed by atoms with Gasteiger partial charge in [0, 0.05) is 10.9 Å². The predicted molar refractivity (Wildman–Crippen MR) is 76.1 cm³/mol. The third kappa shape index (κ3) is 4.20. The Hall–Kier alpha value is -1.62. The van der Waals surface area contributed by atoms with Crippen LogP contribution in [-0.4, -0.2) is 13.2 Å². The van der Waals surface area contributed by atoms with Crippen LogP contribution >= 0.6 is 15.9 Å². The van der Waals surface area contributed by atoms with Crippen LogP contribution in [0.5, 0.6) is 11.5 Å². The lowest BCUT2D eigenvalue weighted by atomic mass is 10.3. The first-order valence-electron chi connectivity index (χ1n) is 6.12. The van der Waals surface area contributed by atoms with Crippen LogP contribution in [0.1, 0.15) is 6.42 Å². The summed E-state index contributed by atoms with van der Waals surface area (Å²) in [5.74, 6) is -1.24. The zero-order valence-corrected chi connectivity index (χ0v) is 12.2. The molecule has 20 heavy (non-hydrogen) atoms. The Morgan fingerprint density at radius 3 is 2.40 bits per heavy atom. The molecule has 2 aromatic rings. The van der Waals surface area contributed by atoms with E-state index in [1.165, 1.54) is 6.07 Å². The number of ether oxygens (including phenoxy) is 2. The van der Waals surface area contributed by atoms with Gasteiger partial charge in [-0.2, -0.15) is 4.39 Å². The third-order valence-electron chi connectivity index (χ3n) is 2.52. The van der Waals surface area contributed by atoms with Gasteiger partial charge in [-0.25, -0.2) is 4.39 Å². The minimum absolute atomic E-state index is 0.100. The molecule has 0 fully saturated rings. The van der Waals surface area contributed by atoms with Crippen LogP contribution in [0.2, 0.25) is 0 Å². The summed E-state index contributed by atoms with van der Waals surface area (Å²) in [6.07, 6.45) is 0.572. The molecule has 0 aliphatic heterocycles. The van der Waals surface area contributed by atoms with Crippen molar-refractivity contribution in [1.29, 1.82) is 0 Å². The van der Waals surface area contributed by atoms with Gasteiger partial charge in [0.05, 0.1) is 13.2 Å². The van der Waals surface area contributed by atoms with E-state index in [4.69, 9.17) is 9.47 Å².